The fourth-order valence-corrected chi connectivity index (χ4v) is 7.43. The topological polar surface area (TPSA) is 93.7 Å². The average Bonchev–Trinajstić information content (AvgIpc) is 3.27. The molecule has 0 bridgehead atoms. The Morgan fingerprint density at radius 3 is 2.36 bits per heavy atom. The van der Waals surface area contributed by atoms with E-state index in [-0.39, 0.29) is 24.8 Å². The first-order valence-electron chi connectivity index (χ1n) is 15.3. The number of aryl methyl sites for hydroxylation is 1. The van der Waals surface area contributed by atoms with Gasteiger partial charge in [-0.3, -0.25) is 9.59 Å². The summed E-state index contributed by atoms with van der Waals surface area (Å²) in [6, 6.07) is 13.5. The zero-order valence-electron chi connectivity index (χ0n) is 25.8. The summed E-state index contributed by atoms with van der Waals surface area (Å²) in [5.74, 6) is -2.21. The van der Waals surface area contributed by atoms with Gasteiger partial charge in [-0.25, -0.2) is 9.18 Å². The smallest absolute Gasteiger partial charge is 0.350 e. The van der Waals surface area contributed by atoms with Crippen LogP contribution in [0.4, 0.5) is 10.1 Å². The Morgan fingerprint density at radius 1 is 0.978 bits per heavy atom. The Kier molecular flexibility index (Phi) is 9.47. The van der Waals surface area contributed by atoms with Crippen molar-refractivity contribution < 1.29 is 28.2 Å². The monoisotopic (exact) mass is 654 g/mol. The molecule has 3 atom stereocenters. The fraction of sp³-hybridized carbons (Fsp3) is 0.400. The van der Waals surface area contributed by atoms with Crippen LogP contribution in [0, 0.1) is 12.7 Å². The van der Waals surface area contributed by atoms with Crippen molar-refractivity contribution in [3.63, 3.8) is 0 Å². The molecule has 2 aliphatic rings. The molecule has 3 aromatic carbocycles. The number of hydrogen-bond donors (Lipinski definition) is 2. The summed E-state index contributed by atoms with van der Waals surface area (Å²) in [7, 11) is 0. The minimum atomic E-state index is -1.46. The first-order valence-corrected chi connectivity index (χ1v) is 16.1. The Bertz CT molecular complexity index is 1640. The maximum Gasteiger partial charge on any atom is 0.350 e. The van der Waals surface area contributed by atoms with E-state index in [1.807, 2.05) is 20.8 Å². The standard InChI is InChI=1S/C35H37Cl2FN2O5/c1-5-14-34(15-6-2,33(43)44-7-3)45-29-13-10-21(36)16-25(29)27-19-30(41)40-31(24-18-23(38)11-8-20(24)4)35(27)26-12-9-22(37)17-28(26)39-32(35)42/h8-13,16-18,27,31H,5-7,14-15,19H2,1-4H3,(H,39,42)(H,40,41). The van der Waals surface area contributed by atoms with Gasteiger partial charge in [-0.15, -0.1) is 0 Å². The highest BCUT2D eigenvalue weighted by Gasteiger charge is 2.62. The molecule has 2 aliphatic heterocycles. The van der Waals surface area contributed by atoms with Gasteiger partial charge in [0.25, 0.3) is 0 Å². The predicted octanol–water partition coefficient (Wildman–Crippen LogP) is 7.96. The second kappa shape index (κ2) is 13.0. The number of hydrogen-bond acceptors (Lipinski definition) is 5. The SMILES string of the molecule is CCCC(CCC)(Oc1ccc(Cl)cc1C1CC(=O)NC(c2cc(F)ccc2C)C12C(=O)Nc1cc(Cl)ccc12)C(=O)OCC. The van der Waals surface area contributed by atoms with Crippen LogP contribution < -0.4 is 15.4 Å². The average molecular weight is 656 g/mol. The second-order valence-corrected chi connectivity index (χ2v) is 12.6. The second-order valence-electron chi connectivity index (χ2n) is 11.8. The van der Waals surface area contributed by atoms with Crippen molar-refractivity contribution in [1.29, 1.82) is 0 Å². The van der Waals surface area contributed by atoms with Crippen molar-refractivity contribution in [2.45, 2.75) is 82.8 Å². The number of nitrogens with one attached hydrogen (secondary N) is 2. The molecule has 3 unspecified atom stereocenters. The van der Waals surface area contributed by atoms with Crippen LogP contribution in [0.25, 0.3) is 0 Å². The predicted molar refractivity (Wildman–Crippen MR) is 172 cm³/mol. The van der Waals surface area contributed by atoms with E-state index in [4.69, 9.17) is 32.7 Å². The Morgan fingerprint density at radius 2 is 1.67 bits per heavy atom. The van der Waals surface area contributed by atoms with Crippen molar-refractivity contribution in [2.24, 2.45) is 0 Å². The lowest BCUT2D eigenvalue weighted by atomic mass is 9.59. The summed E-state index contributed by atoms with van der Waals surface area (Å²) in [6.07, 6.45) is 1.98. The molecule has 2 N–H and O–H groups in total. The normalized spacial score (nSPS) is 20.9. The quantitative estimate of drug-likeness (QED) is 0.216. The number of anilines is 1. The van der Waals surface area contributed by atoms with Gasteiger partial charge in [-0.1, -0.05) is 62.0 Å². The van der Waals surface area contributed by atoms with E-state index in [0.29, 0.717) is 69.4 Å². The molecule has 1 spiro atoms. The van der Waals surface area contributed by atoms with E-state index in [2.05, 4.69) is 10.6 Å². The molecular formula is C35H37Cl2FN2O5. The van der Waals surface area contributed by atoms with Crippen molar-refractivity contribution in [3.8, 4) is 5.75 Å². The molecule has 45 heavy (non-hydrogen) atoms. The van der Waals surface area contributed by atoms with Crippen LogP contribution in [0.3, 0.4) is 0 Å². The number of rotatable bonds is 10. The lowest BCUT2D eigenvalue weighted by Crippen LogP contribution is -2.57. The lowest BCUT2D eigenvalue weighted by molar-refractivity contribution is -0.163. The molecule has 2 amide bonds. The third-order valence-electron chi connectivity index (χ3n) is 8.91. The first kappa shape index (κ1) is 32.8. The third kappa shape index (κ3) is 5.79. The summed E-state index contributed by atoms with van der Waals surface area (Å²) >= 11 is 13.0. The van der Waals surface area contributed by atoms with Gasteiger partial charge >= 0.3 is 5.97 Å². The van der Waals surface area contributed by atoms with Gasteiger partial charge in [0.2, 0.25) is 17.4 Å². The zero-order chi connectivity index (χ0) is 32.5. The van der Waals surface area contributed by atoms with Gasteiger partial charge in [0.05, 0.1) is 12.6 Å². The summed E-state index contributed by atoms with van der Waals surface area (Å²) in [5.41, 5.74) is -0.0173. The fourth-order valence-electron chi connectivity index (χ4n) is 7.08. The molecule has 2 heterocycles. The molecule has 3 aromatic rings. The Hall–Kier alpha value is -3.62. The number of ether oxygens (including phenoxy) is 2. The van der Waals surface area contributed by atoms with Crippen LogP contribution in [0.15, 0.2) is 54.6 Å². The molecule has 1 fully saturated rings. The first-order chi connectivity index (χ1) is 21.5. The number of halogens is 3. The maximum absolute atomic E-state index is 14.8. The molecule has 0 aromatic heterocycles. The molecule has 10 heteroatoms. The van der Waals surface area contributed by atoms with E-state index in [1.165, 1.54) is 12.1 Å². The number of amides is 2. The van der Waals surface area contributed by atoms with Crippen molar-refractivity contribution >= 4 is 46.7 Å². The minimum absolute atomic E-state index is 0.106. The number of esters is 1. The number of carbonyl (C=O) groups excluding carboxylic acids is 3. The summed E-state index contributed by atoms with van der Waals surface area (Å²) in [4.78, 5) is 41.6. The molecule has 0 radical (unpaired) electrons. The molecule has 0 saturated carbocycles. The van der Waals surface area contributed by atoms with Crippen LogP contribution in [-0.4, -0.2) is 30.0 Å². The zero-order valence-corrected chi connectivity index (χ0v) is 27.3. The number of benzene rings is 3. The summed E-state index contributed by atoms with van der Waals surface area (Å²) in [5, 5.41) is 6.80. The van der Waals surface area contributed by atoms with E-state index in [1.54, 1.807) is 49.4 Å². The third-order valence-corrected chi connectivity index (χ3v) is 9.38. The lowest BCUT2D eigenvalue weighted by Gasteiger charge is -2.47. The van der Waals surface area contributed by atoms with Gasteiger partial charge in [0, 0.05) is 33.6 Å². The number of carbonyl (C=O) groups is 3. The summed E-state index contributed by atoms with van der Waals surface area (Å²) in [6.45, 7) is 7.67. The van der Waals surface area contributed by atoms with E-state index < -0.39 is 34.8 Å². The van der Waals surface area contributed by atoms with Crippen molar-refractivity contribution in [3.05, 3.63) is 92.7 Å². The number of fused-ring (bicyclic) bond motifs is 2. The Balaban J connectivity index is 1.79. The van der Waals surface area contributed by atoms with E-state index in [9.17, 15) is 18.8 Å². The molecule has 1 saturated heterocycles. The van der Waals surface area contributed by atoms with E-state index in [0.717, 1.165) is 0 Å². The van der Waals surface area contributed by atoms with Gasteiger partial charge in [-0.2, -0.15) is 0 Å². The highest BCUT2D eigenvalue weighted by Crippen LogP contribution is 2.59. The molecule has 5 rings (SSSR count). The minimum Gasteiger partial charge on any atom is -0.475 e. The van der Waals surface area contributed by atoms with Gasteiger partial charge in [-0.05, 0) is 85.8 Å². The van der Waals surface area contributed by atoms with Crippen molar-refractivity contribution in [1.82, 2.24) is 5.32 Å². The highest BCUT2D eigenvalue weighted by molar-refractivity contribution is 6.31. The molecule has 238 valence electrons. The maximum atomic E-state index is 14.8. The van der Waals surface area contributed by atoms with E-state index >= 15 is 0 Å². The Labute approximate surface area is 272 Å². The van der Waals surface area contributed by atoms with Crippen LogP contribution in [0.5, 0.6) is 5.75 Å². The highest BCUT2D eigenvalue weighted by atomic mass is 35.5. The van der Waals surface area contributed by atoms with Crippen LogP contribution in [0.2, 0.25) is 10.0 Å². The van der Waals surface area contributed by atoms with Gasteiger partial charge < -0.3 is 20.1 Å². The van der Waals surface area contributed by atoms with Crippen molar-refractivity contribution in [2.75, 3.05) is 11.9 Å². The van der Waals surface area contributed by atoms with Crippen LogP contribution in [-0.2, 0) is 24.5 Å². The van der Waals surface area contributed by atoms with Gasteiger partial charge in [0.1, 0.15) is 17.0 Å². The molecule has 7 nitrogen and oxygen atoms in total. The van der Waals surface area contributed by atoms with Crippen LogP contribution >= 0.6 is 23.2 Å². The number of piperidine rings is 1. The largest absolute Gasteiger partial charge is 0.475 e. The van der Waals surface area contributed by atoms with Gasteiger partial charge in [0.15, 0.2) is 0 Å². The van der Waals surface area contributed by atoms with Crippen LogP contribution in [0.1, 0.15) is 87.1 Å². The molecular weight excluding hydrogens is 618 g/mol. The summed E-state index contributed by atoms with van der Waals surface area (Å²) < 4.78 is 27.1. The molecule has 0 aliphatic carbocycles.